The highest BCUT2D eigenvalue weighted by Crippen LogP contribution is 2.29. The lowest BCUT2D eigenvalue weighted by molar-refractivity contribution is 0.414. The number of benzene rings is 1. The van der Waals surface area contributed by atoms with Gasteiger partial charge < -0.3 is 4.74 Å². The molecule has 0 atom stereocenters. The number of thioether (sulfide) groups is 1. The molecule has 0 amide bonds. The summed E-state index contributed by atoms with van der Waals surface area (Å²) in [5.41, 5.74) is 2.24. The molecule has 0 saturated heterocycles. The highest BCUT2D eigenvalue weighted by molar-refractivity contribution is 7.98. The quantitative estimate of drug-likeness (QED) is 0.764. The normalized spacial score (nSPS) is 10.4. The van der Waals surface area contributed by atoms with Gasteiger partial charge in [0.2, 0.25) is 0 Å². The summed E-state index contributed by atoms with van der Waals surface area (Å²) in [4.78, 5) is 1.19. The fraction of sp³-hybridized carbons (Fsp3) is 0.250. The largest absolute Gasteiger partial charge is 0.497 e. The molecule has 2 aromatic rings. The summed E-state index contributed by atoms with van der Waals surface area (Å²) in [6, 6.07) is 6.20. The topological polar surface area (TPSA) is 27.1 Å². The average Bonchev–Trinajstić information content (AvgIpc) is 2.75. The van der Waals surface area contributed by atoms with Crippen molar-refractivity contribution in [2.75, 3.05) is 13.4 Å². The number of rotatable bonds is 3. The van der Waals surface area contributed by atoms with E-state index in [1.165, 1.54) is 4.90 Å². The Balaban J connectivity index is 2.47. The molecule has 0 aliphatic rings. The van der Waals surface area contributed by atoms with Crippen LogP contribution in [0.5, 0.6) is 5.75 Å². The average molecular weight is 234 g/mol. The first-order valence-corrected chi connectivity index (χ1v) is 6.17. The second-order valence-corrected chi connectivity index (χ2v) is 4.38. The van der Waals surface area contributed by atoms with E-state index in [-0.39, 0.29) is 0 Å². The first-order valence-electron chi connectivity index (χ1n) is 4.95. The number of aromatic nitrogens is 2. The highest BCUT2D eigenvalue weighted by atomic mass is 32.2. The van der Waals surface area contributed by atoms with Crippen LogP contribution in [0.4, 0.5) is 0 Å². The molecule has 0 aliphatic carbocycles. The molecule has 2 rings (SSSR count). The third-order valence-corrected chi connectivity index (χ3v) is 3.10. The maximum Gasteiger partial charge on any atom is 0.120 e. The van der Waals surface area contributed by atoms with E-state index in [1.807, 2.05) is 31.6 Å². The van der Waals surface area contributed by atoms with Crippen LogP contribution in [0.3, 0.4) is 0 Å². The van der Waals surface area contributed by atoms with Crippen LogP contribution in [0.2, 0.25) is 0 Å². The van der Waals surface area contributed by atoms with Crippen LogP contribution in [0.1, 0.15) is 0 Å². The molecule has 1 heterocycles. The zero-order valence-electron chi connectivity index (χ0n) is 9.60. The van der Waals surface area contributed by atoms with Crippen molar-refractivity contribution in [3.63, 3.8) is 0 Å². The Morgan fingerprint density at radius 1 is 1.25 bits per heavy atom. The van der Waals surface area contributed by atoms with Crippen LogP contribution >= 0.6 is 11.8 Å². The Kier molecular flexibility index (Phi) is 3.19. The van der Waals surface area contributed by atoms with Crippen LogP contribution in [0.15, 0.2) is 35.5 Å². The molecule has 3 nitrogen and oxygen atoms in total. The summed E-state index contributed by atoms with van der Waals surface area (Å²) < 4.78 is 7.08. The minimum Gasteiger partial charge on any atom is -0.497 e. The fourth-order valence-corrected chi connectivity index (χ4v) is 2.02. The molecule has 0 spiro atoms. The van der Waals surface area contributed by atoms with Crippen LogP contribution < -0.4 is 4.74 Å². The van der Waals surface area contributed by atoms with E-state index in [1.54, 1.807) is 23.6 Å². The van der Waals surface area contributed by atoms with Gasteiger partial charge in [-0.25, -0.2) is 0 Å². The Bertz CT molecular complexity index is 471. The van der Waals surface area contributed by atoms with Gasteiger partial charge in [-0.3, -0.25) is 4.68 Å². The smallest absolute Gasteiger partial charge is 0.120 e. The van der Waals surface area contributed by atoms with Crippen LogP contribution in [0.25, 0.3) is 11.1 Å². The monoisotopic (exact) mass is 234 g/mol. The third kappa shape index (κ3) is 2.22. The summed E-state index contributed by atoms with van der Waals surface area (Å²) in [5, 5.41) is 4.17. The summed E-state index contributed by atoms with van der Waals surface area (Å²) >= 11 is 1.71. The van der Waals surface area contributed by atoms with Crippen LogP contribution in [-0.4, -0.2) is 23.1 Å². The Labute approximate surface area is 99.4 Å². The zero-order valence-corrected chi connectivity index (χ0v) is 10.4. The second kappa shape index (κ2) is 4.61. The van der Waals surface area contributed by atoms with E-state index in [0.717, 1.165) is 16.9 Å². The van der Waals surface area contributed by atoms with Gasteiger partial charge in [-0.2, -0.15) is 5.10 Å². The van der Waals surface area contributed by atoms with E-state index >= 15 is 0 Å². The predicted molar refractivity (Wildman–Crippen MR) is 67.0 cm³/mol. The zero-order chi connectivity index (χ0) is 11.5. The van der Waals surface area contributed by atoms with Gasteiger partial charge in [-0.1, -0.05) is 0 Å². The highest BCUT2D eigenvalue weighted by Gasteiger charge is 2.04. The number of ether oxygens (including phenoxy) is 1. The van der Waals surface area contributed by atoms with Gasteiger partial charge in [-0.05, 0) is 30.0 Å². The minimum atomic E-state index is 0.880. The molecular weight excluding hydrogens is 220 g/mol. The molecule has 0 radical (unpaired) electrons. The van der Waals surface area contributed by atoms with Crippen LogP contribution in [-0.2, 0) is 7.05 Å². The van der Waals surface area contributed by atoms with Crippen molar-refractivity contribution < 1.29 is 4.74 Å². The van der Waals surface area contributed by atoms with Crippen molar-refractivity contribution in [3.05, 3.63) is 30.6 Å². The molecule has 16 heavy (non-hydrogen) atoms. The van der Waals surface area contributed by atoms with Gasteiger partial charge in [0.1, 0.15) is 5.75 Å². The molecule has 1 aromatic heterocycles. The third-order valence-electron chi connectivity index (χ3n) is 2.39. The summed E-state index contributed by atoms with van der Waals surface area (Å²) in [6.07, 6.45) is 5.92. The lowest BCUT2D eigenvalue weighted by Crippen LogP contribution is -1.86. The lowest BCUT2D eigenvalue weighted by atomic mass is 10.1. The second-order valence-electron chi connectivity index (χ2n) is 3.50. The Morgan fingerprint density at radius 3 is 2.62 bits per heavy atom. The van der Waals surface area contributed by atoms with Gasteiger partial charge in [0.05, 0.1) is 13.3 Å². The Morgan fingerprint density at radius 2 is 2.06 bits per heavy atom. The molecule has 84 valence electrons. The molecule has 1 aromatic carbocycles. The van der Waals surface area contributed by atoms with Crippen molar-refractivity contribution in [3.8, 4) is 16.9 Å². The summed E-state index contributed by atoms with van der Waals surface area (Å²) in [6.45, 7) is 0. The van der Waals surface area contributed by atoms with Crippen molar-refractivity contribution in [1.82, 2.24) is 9.78 Å². The molecule has 0 unspecified atom stereocenters. The van der Waals surface area contributed by atoms with Gasteiger partial charge >= 0.3 is 0 Å². The number of aryl methyl sites for hydroxylation is 1. The summed E-state index contributed by atoms with van der Waals surface area (Å²) in [5.74, 6) is 0.880. The van der Waals surface area contributed by atoms with Crippen LogP contribution in [0, 0.1) is 0 Å². The van der Waals surface area contributed by atoms with Crippen molar-refractivity contribution in [2.45, 2.75) is 4.90 Å². The van der Waals surface area contributed by atoms with Crippen molar-refractivity contribution in [2.24, 2.45) is 7.05 Å². The Hall–Kier alpha value is -1.42. The number of methoxy groups -OCH3 is 1. The number of hydrogen-bond acceptors (Lipinski definition) is 3. The van der Waals surface area contributed by atoms with Gasteiger partial charge in [-0.15, -0.1) is 11.8 Å². The molecule has 0 N–H and O–H groups in total. The standard InChI is InChI=1S/C12H14N2OS/c1-14-8-10(7-13-14)9-4-11(15-2)6-12(5-9)16-3/h4-8H,1-3H3. The molecule has 4 heteroatoms. The van der Waals surface area contributed by atoms with E-state index in [9.17, 15) is 0 Å². The molecule has 0 bridgehead atoms. The molecule has 0 aliphatic heterocycles. The van der Waals surface area contributed by atoms with E-state index < -0.39 is 0 Å². The maximum atomic E-state index is 5.29. The molecule has 0 fully saturated rings. The number of nitrogens with zero attached hydrogens (tertiary/aromatic N) is 2. The van der Waals surface area contributed by atoms with E-state index in [2.05, 4.69) is 17.4 Å². The first-order chi connectivity index (χ1) is 7.72. The number of hydrogen-bond donors (Lipinski definition) is 0. The van der Waals surface area contributed by atoms with E-state index in [4.69, 9.17) is 4.74 Å². The van der Waals surface area contributed by atoms with E-state index in [0.29, 0.717) is 0 Å². The fourth-order valence-electron chi connectivity index (χ4n) is 1.54. The SMILES string of the molecule is COc1cc(SC)cc(-c2cnn(C)c2)c1. The lowest BCUT2D eigenvalue weighted by Gasteiger charge is -2.06. The minimum absolute atomic E-state index is 0.880. The predicted octanol–water partition coefficient (Wildman–Crippen LogP) is 2.82. The molecule has 0 saturated carbocycles. The van der Waals surface area contributed by atoms with Gasteiger partial charge in [0.25, 0.3) is 0 Å². The maximum absolute atomic E-state index is 5.29. The van der Waals surface area contributed by atoms with Gasteiger partial charge in [0.15, 0.2) is 0 Å². The van der Waals surface area contributed by atoms with Crippen molar-refractivity contribution in [1.29, 1.82) is 0 Å². The molecular formula is C12H14N2OS. The van der Waals surface area contributed by atoms with Crippen molar-refractivity contribution >= 4 is 11.8 Å². The summed E-state index contributed by atoms with van der Waals surface area (Å²) in [7, 11) is 3.60. The van der Waals surface area contributed by atoms with Gasteiger partial charge in [0, 0.05) is 23.7 Å². The first kappa shape index (κ1) is 11.1.